The summed E-state index contributed by atoms with van der Waals surface area (Å²) >= 11 is 3.13. The third kappa shape index (κ3) is 6.84. The molecule has 20 heavy (non-hydrogen) atoms. The van der Waals surface area contributed by atoms with Crippen molar-refractivity contribution in [2.75, 3.05) is 11.9 Å². The second-order valence-electron chi connectivity index (χ2n) is 4.25. The molecule has 0 aromatic heterocycles. The molecule has 112 valence electrons. The van der Waals surface area contributed by atoms with Gasteiger partial charge in [-0.25, -0.2) is 0 Å². The van der Waals surface area contributed by atoms with Crippen LogP contribution in [0.3, 0.4) is 0 Å². The van der Waals surface area contributed by atoms with E-state index < -0.39 is 6.36 Å². The number of hydrogen-bond donors (Lipinski definition) is 1. The lowest BCUT2D eigenvalue weighted by atomic mass is 10.2. The van der Waals surface area contributed by atoms with Crippen LogP contribution in [0.4, 0.5) is 18.9 Å². The molecule has 0 saturated carbocycles. The van der Waals surface area contributed by atoms with Crippen LogP contribution in [0, 0.1) is 0 Å². The third-order valence-electron chi connectivity index (χ3n) is 2.57. The van der Waals surface area contributed by atoms with E-state index in [-0.39, 0.29) is 5.75 Å². The van der Waals surface area contributed by atoms with Crippen LogP contribution in [0.5, 0.6) is 5.75 Å². The van der Waals surface area contributed by atoms with Crippen LogP contribution >= 0.6 is 15.9 Å². The van der Waals surface area contributed by atoms with Crippen LogP contribution in [-0.2, 0) is 0 Å². The molecule has 0 aliphatic carbocycles. The maximum atomic E-state index is 12.3. The van der Waals surface area contributed by atoms with Crippen molar-refractivity contribution in [1.29, 1.82) is 0 Å². The lowest BCUT2D eigenvalue weighted by Gasteiger charge is -2.15. The van der Waals surface area contributed by atoms with Crippen LogP contribution in [0.2, 0.25) is 0 Å². The van der Waals surface area contributed by atoms with E-state index in [2.05, 4.69) is 32.6 Å². The molecule has 0 radical (unpaired) electrons. The van der Waals surface area contributed by atoms with Gasteiger partial charge in [0.05, 0.1) is 5.69 Å². The first kappa shape index (κ1) is 16.9. The van der Waals surface area contributed by atoms with E-state index in [1.807, 2.05) is 6.08 Å². The Balaban J connectivity index is 2.53. The lowest BCUT2D eigenvalue weighted by molar-refractivity contribution is -0.274. The Bertz CT molecular complexity index is 435. The zero-order chi connectivity index (χ0) is 15.0. The molecule has 1 N–H and O–H groups in total. The number of halogens is 4. The van der Waals surface area contributed by atoms with E-state index in [4.69, 9.17) is 0 Å². The normalized spacial score (nSPS) is 11.2. The Kier molecular flexibility index (Phi) is 6.91. The average Bonchev–Trinajstić information content (AvgIpc) is 2.34. The van der Waals surface area contributed by atoms with Gasteiger partial charge in [0, 0.05) is 11.0 Å². The minimum Gasteiger partial charge on any atom is -0.404 e. The number of benzene rings is 1. The van der Waals surface area contributed by atoms with Gasteiger partial charge in [0.15, 0.2) is 5.75 Å². The predicted molar refractivity (Wildman–Crippen MR) is 78.0 cm³/mol. The number of rotatable bonds is 8. The van der Waals surface area contributed by atoms with Crippen molar-refractivity contribution in [2.24, 2.45) is 0 Å². The van der Waals surface area contributed by atoms with Crippen molar-refractivity contribution in [3.63, 3.8) is 0 Å². The van der Waals surface area contributed by atoms with Crippen molar-refractivity contribution in [3.05, 3.63) is 35.3 Å². The molecule has 1 aromatic carbocycles. The van der Waals surface area contributed by atoms with Crippen molar-refractivity contribution in [2.45, 2.75) is 32.0 Å². The summed E-state index contributed by atoms with van der Waals surface area (Å²) in [6.45, 7) is 4.24. The fourth-order valence-corrected chi connectivity index (χ4v) is 2.00. The highest BCUT2D eigenvalue weighted by atomic mass is 79.9. The third-order valence-corrected chi connectivity index (χ3v) is 3.06. The van der Waals surface area contributed by atoms with Gasteiger partial charge in [0.2, 0.25) is 0 Å². The molecule has 0 saturated heterocycles. The molecule has 0 amide bonds. The number of allylic oxidation sites excluding steroid dienone is 1. The first-order valence-corrected chi connectivity index (χ1v) is 7.12. The second kappa shape index (κ2) is 8.19. The van der Waals surface area contributed by atoms with Crippen molar-refractivity contribution < 1.29 is 17.9 Å². The Labute approximate surface area is 125 Å². The first-order valence-electron chi connectivity index (χ1n) is 6.32. The standard InChI is InChI=1S/C14H17BrF3NO/c1-2-3-4-5-6-9-19-12-8-7-11(15)10-13(12)20-14(16,17)18/h2,7-8,10,19H,1,3-6,9H2. The fourth-order valence-electron chi connectivity index (χ4n) is 1.66. The van der Waals surface area contributed by atoms with Gasteiger partial charge in [-0.3, -0.25) is 0 Å². The molecule has 0 heterocycles. The van der Waals surface area contributed by atoms with E-state index >= 15 is 0 Å². The van der Waals surface area contributed by atoms with Gasteiger partial charge in [-0.1, -0.05) is 28.4 Å². The predicted octanol–water partition coefficient (Wildman–Crippen LogP) is 5.51. The van der Waals surface area contributed by atoms with Crippen molar-refractivity contribution in [3.8, 4) is 5.75 Å². The van der Waals surface area contributed by atoms with Gasteiger partial charge in [0.1, 0.15) is 0 Å². The molecule has 0 bridgehead atoms. The maximum absolute atomic E-state index is 12.3. The summed E-state index contributed by atoms with van der Waals surface area (Å²) in [5.74, 6) is -0.224. The topological polar surface area (TPSA) is 21.3 Å². The van der Waals surface area contributed by atoms with E-state index in [0.717, 1.165) is 25.7 Å². The van der Waals surface area contributed by atoms with E-state index in [1.54, 1.807) is 12.1 Å². The van der Waals surface area contributed by atoms with Gasteiger partial charge in [0.25, 0.3) is 0 Å². The highest BCUT2D eigenvalue weighted by Crippen LogP contribution is 2.32. The molecule has 0 atom stereocenters. The Morgan fingerprint density at radius 2 is 2.00 bits per heavy atom. The summed E-state index contributed by atoms with van der Waals surface area (Å²) in [5, 5.41) is 2.97. The summed E-state index contributed by atoms with van der Waals surface area (Å²) in [4.78, 5) is 0. The van der Waals surface area contributed by atoms with Crippen LogP contribution in [0.15, 0.2) is 35.3 Å². The highest BCUT2D eigenvalue weighted by molar-refractivity contribution is 9.10. The molecule has 0 spiro atoms. The average molecular weight is 352 g/mol. The van der Waals surface area contributed by atoms with Crippen molar-refractivity contribution >= 4 is 21.6 Å². The number of nitrogens with one attached hydrogen (secondary N) is 1. The quantitative estimate of drug-likeness (QED) is 0.492. The van der Waals surface area contributed by atoms with Crippen molar-refractivity contribution in [1.82, 2.24) is 0 Å². The Hall–Kier alpha value is -1.17. The number of alkyl halides is 3. The van der Waals surface area contributed by atoms with Gasteiger partial charge in [-0.15, -0.1) is 19.8 Å². The number of ether oxygens (including phenoxy) is 1. The van der Waals surface area contributed by atoms with Crippen LogP contribution in [0.25, 0.3) is 0 Å². The molecule has 0 aliphatic rings. The number of unbranched alkanes of at least 4 members (excludes halogenated alkanes) is 3. The largest absolute Gasteiger partial charge is 0.573 e. The van der Waals surface area contributed by atoms with Gasteiger partial charge < -0.3 is 10.1 Å². The van der Waals surface area contributed by atoms with E-state index in [0.29, 0.717) is 16.7 Å². The van der Waals surface area contributed by atoms with Gasteiger partial charge in [-0.2, -0.15) is 0 Å². The second-order valence-corrected chi connectivity index (χ2v) is 5.17. The molecule has 0 aliphatic heterocycles. The molecule has 6 heteroatoms. The lowest BCUT2D eigenvalue weighted by Crippen LogP contribution is -2.18. The highest BCUT2D eigenvalue weighted by Gasteiger charge is 2.32. The number of hydrogen-bond acceptors (Lipinski definition) is 2. The monoisotopic (exact) mass is 351 g/mol. The summed E-state index contributed by atoms with van der Waals surface area (Å²) in [6.07, 6.45) is 1.05. The van der Waals surface area contributed by atoms with Gasteiger partial charge in [-0.05, 0) is 37.5 Å². The Morgan fingerprint density at radius 3 is 2.65 bits per heavy atom. The summed E-state index contributed by atoms with van der Waals surface area (Å²) in [7, 11) is 0. The Morgan fingerprint density at radius 1 is 1.25 bits per heavy atom. The summed E-state index contributed by atoms with van der Waals surface area (Å²) in [6, 6.07) is 4.53. The van der Waals surface area contributed by atoms with Crippen LogP contribution in [0.1, 0.15) is 25.7 Å². The molecule has 1 rings (SSSR count). The van der Waals surface area contributed by atoms with Gasteiger partial charge >= 0.3 is 6.36 Å². The van der Waals surface area contributed by atoms with E-state index in [9.17, 15) is 13.2 Å². The minimum atomic E-state index is -4.69. The smallest absolute Gasteiger partial charge is 0.404 e. The van der Waals surface area contributed by atoms with Crippen LogP contribution < -0.4 is 10.1 Å². The zero-order valence-electron chi connectivity index (χ0n) is 11.0. The maximum Gasteiger partial charge on any atom is 0.573 e. The number of anilines is 1. The zero-order valence-corrected chi connectivity index (χ0v) is 12.6. The molecule has 0 unspecified atom stereocenters. The molecule has 1 aromatic rings. The summed E-state index contributed by atoms with van der Waals surface area (Å²) in [5.41, 5.74) is 0.342. The molecule has 0 fully saturated rings. The van der Waals surface area contributed by atoms with E-state index in [1.165, 1.54) is 6.07 Å². The minimum absolute atomic E-state index is 0.224. The first-order chi connectivity index (χ1) is 9.42. The fraction of sp³-hybridized carbons (Fsp3) is 0.429. The van der Waals surface area contributed by atoms with Crippen LogP contribution in [-0.4, -0.2) is 12.9 Å². The SMILES string of the molecule is C=CCCCCCNc1ccc(Br)cc1OC(F)(F)F. The summed E-state index contributed by atoms with van der Waals surface area (Å²) < 4.78 is 41.5. The molecule has 2 nitrogen and oxygen atoms in total. The molecular weight excluding hydrogens is 335 g/mol. The molecular formula is C14H17BrF3NO.